The number of ether oxygens (including phenoxy) is 1. The summed E-state index contributed by atoms with van der Waals surface area (Å²) in [7, 11) is 1.31. The van der Waals surface area contributed by atoms with Crippen molar-refractivity contribution in [1.29, 1.82) is 0 Å². The van der Waals surface area contributed by atoms with Crippen LogP contribution in [-0.2, 0) is 20.9 Å². The Balaban J connectivity index is 2.21. The number of carbonyl (C=O) groups is 2. The van der Waals surface area contributed by atoms with Crippen molar-refractivity contribution in [2.75, 3.05) is 12.9 Å². The molecule has 2 rings (SSSR count). The first-order valence-electron chi connectivity index (χ1n) is 9.25. The Morgan fingerprint density at radius 2 is 2.00 bits per heavy atom. The van der Waals surface area contributed by atoms with E-state index in [1.165, 1.54) is 30.2 Å². The van der Waals surface area contributed by atoms with Crippen LogP contribution in [0.4, 0.5) is 0 Å². The number of aromatic nitrogens is 2. The van der Waals surface area contributed by atoms with Gasteiger partial charge in [0.05, 0.1) is 18.2 Å². The summed E-state index contributed by atoms with van der Waals surface area (Å²) >= 11 is 2.68. The number of nitrogens with zero attached hydrogens (tertiary/aromatic N) is 2. The number of amides is 1. The van der Waals surface area contributed by atoms with Crippen molar-refractivity contribution < 1.29 is 14.3 Å². The number of hydrogen-bond acceptors (Lipinski definition) is 7. The molecule has 28 heavy (non-hydrogen) atoms. The summed E-state index contributed by atoms with van der Waals surface area (Å²) in [5.41, 5.74) is 0.882. The zero-order chi connectivity index (χ0) is 21.0. The van der Waals surface area contributed by atoms with E-state index in [1.54, 1.807) is 4.57 Å². The molecule has 0 aromatic carbocycles. The van der Waals surface area contributed by atoms with Crippen LogP contribution in [0.5, 0.6) is 0 Å². The number of thioether (sulfide) groups is 1. The molecule has 9 heteroatoms. The number of hydrogen-bond donors (Lipinski definition) is 1. The highest BCUT2D eigenvalue weighted by Gasteiger charge is 2.27. The van der Waals surface area contributed by atoms with Gasteiger partial charge in [-0.05, 0) is 32.3 Å². The van der Waals surface area contributed by atoms with Crippen molar-refractivity contribution in [1.82, 2.24) is 14.9 Å². The second-order valence-corrected chi connectivity index (χ2v) is 8.80. The monoisotopic (exact) mass is 425 g/mol. The van der Waals surface area contributed by atoms with Crippen LogP contribution < -0.4 is 10.9 Å². The Hall–Kier alpha value is -1.87. The van der Waals surface area contributed by atoms with Crippen molar-refractivity contribution >= 4 is 45.2 Å². The van der Waals surface area contributed by atoms with Gasteiger partial charge in [0.2, 0.25) is 5.91 Å². The van der Waals surface area contributed by atoms with E-state index in [4.69, 9.17) is 4.74 Å². The molecule has 0 radical (unpaired) electrons. The predicted molar refractivity (Wildman–Crippen MR) is 113 cm³/mol. The highest BCUT2D eigenvalue weighted by molar-refractivity contribution is 7.99. The number of nitrogens with one attached hydrogen (secondary N) is 1. The number of carbonyl (C=O) groups excluding carboxylic acids is 2. The number of fused-ring (bicyclic) bond motifs is 1. The average Bonchev–Trinajstić information content (AvgIpc) is 2.97. The Kier molecular flexibility index (Phi) is 7.65. The molecule has 0 aliphatic rings. The van der Waals surface area contributed by atoms with E-state index in [2.05, 4.69) is 10.3 Å². The quantitative estimate of drug-likeness (QED) is 0.397. The zero-order valence-corrected chi connectivity index (χ0v) is 18.8. The predicted octanol–water partition coefficient (Wildman–Crippen LogP) is 2.89. The molecule has 0 aliphatic heterocycles. The molecule has 0 bridgehead atoms. The van der Waals surface area contributed by atoms with Gasteiger partial charge in [0, 0.05) is 11.4 Å². The van der Waals surface area contributed by atoms with Crippen LogP contribution in [-0.4, -0.2) is 40.3 Å². The first-order valence-corrected chi connectivity index (χ1v) is 11.1. The van der Waals surface area contributed by atoms with E-state index in [0.717, 1.165) is 16.9 Å². The largest absolute Gasteiger partial charge is 0.467 e. The van der Waals surface area contributed by atoms with Crippen LogP contribution in [0, 0.1) is 19.8 Å². The lowest BCUT2D eigenvalue weighted by Crippen LogP contribution is -2.46. The lowest BCUT2D eigenvalue weighted by Gasteiger charge is -2.21. The fraction of sp³-hybridized carbons (Fsp3) is 0.579. The Morgan fingerprint density at radius 3 is 2.57 bits per heavy atom. The van der Waals surface area contributed by atoms with Crippen LogP contribution >= 0.6 is 23.1 Å². The molecule has 2 heterocycles. The SMILES string of the molecule is CC[C@@H](C)[C@H](NC(=O)CSc1nc2sc(C)c(C)c2c(=O)n1CC)C(=O)OC. The third-order valence-electron chi connectivity index (χ3n) is 4.89. The number of rotatable bonds is 8. The number of thiophene rings is 1. The van der Waals surface area contributed by atoms with Crippen LogP contribution in [0.3, 0.4) is 0 Å². The van der Waals surface area contributed by atoms with Gasteiger partial charge in [0.15, 0.2) is 5.16 Å². The minimum Gasteiger partial charge on any atom is -0.467 e. The molecule has 1 N–H and O–H groups in total. The first kappa shape index (κ1) is 22.4. The maximum absolute atomic E-state index is 12.8. The number of aryl methyl sites for hydroxylation is 2. The molecule has 0 fully saturated rings. The third-order valence-corrected chi connectivity index (χ3v) is 6.96. The second-order valence-electron chi connectivity index (χ2n) is 6.65. The smallest absolute Gasteiger partial charge is 0.328 e. The molecule has 0 saturated heterocycles. The molecule has 0 unspecified atom stereocenters. The highest BCUT2D eigenvalue weighted by atomic mass is 32.2. The van der Waals surface area contributed by atoms with Crippen LogP contribution in [0.1, 0.15) is 37.6 Å². The summed E-state index contributed by atoms with van der Waals surface area (Å²) in [6.45, 7) is 10.1. The fourth-order valence-corrected chi connectivity index (χ4v) is 4.78. The van der Waals surface area contributed by atoms with Gasteiger partial charge in [-0.15, -0.1) is 11.3 Å². The van der Waals surface area contributed by atoms with Gasteiger partial charge in [-0.2, -0.15) is 0 Å². The summed E-state index contributed by atoms with van der Waals surface area (Å²) in [6, 6.07) is -0.686. The number of esters is 1. The second kappa shape index (κ2) is 9.56. The lowest BCUT2D eigenvalue weighted by atomic mass is 9.99. The number of methoxy groups -OCH3 is 1. The van der Waals surface area contributed by atoms with Crippen LogP contribution in [0.15, 0.2) is 9.95 Å². The van der Waals surface area contributed by atoms with E-state index >= 15 is 0 Å². The first-order chi connectivity index (χ1) is 13.2. The van der Waals surface area contributed by atoms with Gasteiger partial charge in [-0.1, -0.05) is 32.0 Å². The molecule has 0 spiro atoms. The summed E-state index contributed by atoms with van der Waals surface area (Å²) in [6.07, 6.45) is 0.734. The standard InChI is InChI=1S/C19H27N3O4S2/c1-7-10(3)15(18(25)26-6)20-13(23)9-27-19-21-16-14(11(4)12(5)28-16)17(24)22(19)8-2/h10,15H,7-9H2,1-6H3,(H,20,23)/t10-,15+/m1/s1. The van der Waals surface area contributed by atoms with Gasteiger partial charge in [-0.3, -0.25) is 14.2 Å². The van der Waals surface area contributed by atoms with Crippen molar-refractivity contribution in [3.63, 3.8) is 0 Å². The fourth-order valence-electron chi connectivity index (χ4n) is 2.84. The lowest BCUT2D eigenvalue weighted by molar-refractivity contribution is -0.146. The normalized spacial score (nSPS) is 13.4. The topological polar surface area (TPSA) is 90.3 Å². The average molecular weight is 426 g/mol. The van der Waals surface area contributed by atoms with Gasteiger partial charge in [0.1, 0.15) is 10.9 Å². The molecular weight excluding hydrogens is 398 g/mol. The molecule has 2 aromatic heterocycles. The highest BCUT2D eigenvalue weighted by Crippen LogP contribution is 2.28. The third kappa shape index (κ3) is 4.57. The van der Waals surface area contributed by atoms with E-state index in [9.17, 15) is 14.4 Å². The van der Waals surface area contributed by atoms with E-state index in [-0.39, 0.29) is 23.1 Å². The zero-order valence-electron chi connectivity index (χ0n) is 17.1. The Bertz CT molecular complexity index is 935. The summed E-state index contributed by atoms with van der Waals surface area (Å²) in [5.74, 6) is -0.731. The minimum absolute atomic E-state index is 0.0400. The molecule has 2 aromatic rings. The van der Waals surface area contributed by atoms with Crippen molar-refractivity contribution in [3.05, 3.63) is 20.8 Å². The van der Waals surface area contributed by atoms with Gasteiger partial charge >= 0.3 is 5.97 Å². The molecule has 154 valence electrons. The molecule has 7 nitrogen and oxygen atoms in total. The van der Waals surface area contributed by atoms with Gasteiger partial charge in [0.25, 0.3) is 5.56 Å². The maximum Gasteiger partial charge on any atom is 0.328 e. The summed E-state index contributed by atoms with van der Waals surface area (Å²) in [4.78, 5) is 43.6. The Labute approximate surface area is 172 Å². The van der Waals surface area contributed by atoms with Gasteiger partial charge in [-0.25, -0.2) is 9.78 Å². The van der Waals surface area contributed by atoms with Crippen molar-refractivity contribution in [3.8, 4) is 0 Å². The van der Waals surface area contributed by atoms with Crippen LogP contribution in [0.25, 0.3) is 10.2 Å². The molecule has 1 amide bonds. The molecular formula is C19H27N3O4S2. The van der Waals surface area contributed by atoms with Crippen molar-refractivity contribution in [2.45, 2.75) is 58.8 Å². The maximum atomic E-state index is 12.8. The summed E-state index contributed by atoms with van der Waals surface area (Å²) in [5, 5.41) is 3.91. The van der Waals surface area contributed by atoms with Gasteiger partial charge < -0.3 is 10.1 Å². The van der Waals surface area contributed by atoms with E-state index in [1.807, 2.05) is 34.6 Å². The molecule has 0 saturated carbocycles. The minimum atomic E-state index is -0.686. The Morgan fingerprint density at radius 1 is 1.32 bits per heavy atom. The molecule has 0 aliphatic carbocycles. The summed E-state index contributed by atoms with van der Waals surface area (Å²) < 4.78 is 6.39. The molecule has 2 atom stereocenters. The van der Waals surface area contributed by atoms with Crippen LogP contribution in [0.2, 0.25) is 0 Å². The van der Waals surface area contributed by atoms with Crippen molar-refractivity contribution in [2.24, 2.45) is 5.92 Å². The van der Waals surface area contributed by atoms with E-state index < -0.39 is 12.0 Å². The van der Waals surface area contributed by atoms with E-state index in [0.29, 0.717) is 21.9 Å².